The van der Waals surface area contributed by atoms with Gasteiger partial charge in [-0.15, -0.1) is 0 Å². The molecule has 0 fully saturated rings. The van der Waals surface area contributed by atoms with E-state index < -0.39 is 11.5 Å². The normalized spacial score (nSPS) is 19.4. The fraction of sp³-hybridized carbons (Fsp3) is 0.571. The lowest BCUT2D eigenvalue weighted by atomic mass is 9.71. The van der Waals surface area contributed by atoms with Crippen molar-refractivity contribution in [2.75, 3.05) is 0 Å². The maximum Gasteiger partial charge on any atom is 0.341 e. The summed E-state index contributed by atoms with van der Waals surface area (Å²) in [5.74, 6) is -0.630. The molecule has 1 heterocycles. The average Bonchev–Trinajstić information content (AvgIpc) is 2.25. The van der Waals surface area contributed by atoms with Crippen LogP contribution in [-0.2, 0) is 12.8 Å². The van der Waals surface area contributed by atoms with Crippen molar-refractivity contribution in [3.63, 3.8) is 0 Å². The van der Waals surface area contributed by atoms with Gasteiger partial charge in [0.05, 0.1) is 0 Å². The summed E-state index contributed by atoms with van der Waals surface area (Å²) in [5.41, 5.74) is 1.46. The first-order valence-corrected chi connectivity index (χ1v) is 6.27. The number of nitrogens with one attached hydrogen (secondary N) is 1. The van der Waals surface area contributed by atoms with E-state index in [9.17, 15) is 9.59 Å². The fourth-order valence-corrected chi connectivity index (χ4v) is 2.60. The van der Waals surface area contributed by atoms with Gasteiger partial charge >= 0.3 is 5.97 Å². The molecule has 1 aliphatic carbocycles. The molecule has 0 saturated carbocycles. The van der Waals surface area contributed by atoms with E-state index in [-0.39, 0.29) is 11.0 Å². The lowest BCUT2D eigenvalue weighted by Gasteiger charge is -2.34. The Bertz CT molecular complexity index is 537. The van der Waals surface area contributed by atoms with E-state index in [4.69, 9.17) is 5.11 Å². The number of hydrogen-bond acceptors (Lipinski definition) is 2. The lowest BCUT2D eigenvalue weighted by molar-refractivity contribution is 0.0694. The second-order valence-corrected chi connectivity index (χ2v) is 6.13. The molecule has 1 unspecified atom stereocenters. The second kappa shape index (κ2) is 4.26. The van der Waals surface area contributed by atoms with Crippen LogP contribution in [0.4, 0.5) is 0 Å². The molecule has 0 radical (unpaired) electrons. The van der Waals surface area contributed by atoms with Crippen molar-refractivity contribution in [1.82, 2.24) is 4.98 Å². The highest BCUT2D eigenvalue weighted by Gasteiger charge is 2.29. The van der Waals surface area contributed by atoms with E-state index in [0.29, 0.717) is 5.92 Å². The summed E-state index contributed by atoms with van der Waals surface area (Å²) in [4.78, 5) is 25.3. The predicted octanol–water partition coefficient (Wildman–Crippen LogP) is 2.22. The third kappa shape index (κ3) is 2.33. The van der Waals surface area contributed by atoms with Crippen molar-refractivity contribution in [2.45, 2.75) is 40.0 Å². The molecule has 0 aromatic carbocycles. The number of carbonyl (C=O) groups is 1. The zero-order valence-electron chi connectivity index (χ0n) is 11.0. The van der Waals surface area contributed by atoms with Gasteiger partial charge in [0.25, 0.3) is 5.56 Å². The van der Waals surface area contributed by atoms with Gasteiger partial charge < -0.3 is 10.1 Å². The highest BCUT2D eigenvalue weighted by Crippen LogP contribution is 2.36. The third-order valence-electron chi connectivity index (χ3n) is 3.88. The number of hydrogen-bond donors (Lipinski definition) is 2. The van der Waals surface area contributed by atoms with Crippen molar-refractivity contribution in [1.29, 1.82) is 0 Å². The monoisotopic (exact) mass is 249 g/mol. The van der Waals surface area contributed by atoms with Gasteiger partial charge in [-0.3, -0.25) is 4.79 Å². The number of rotatable bonds is 1. The Labute approximate surface area is 106 Å². The van der Waals surface area contributed by atoms with Gasteiger partial charge in [0, 0.05) is 5.69 Å². The van der Waals surface area contributed by atoms with Gasteiger partial charge in [0.15, 0.2) is 0 Å². The smallest absolute Gasteiger partial charge is 0.341 e. The van der Waals surface area contributed by atoms with Crippen LogP contribution in [0.2, 0.25) is 0 Å². The molecule has 0 saturated heterocycles. The summed E-state index contributed by atoms with van der Waals surface area (Å²) in [6.45, 7) is 6.60. The van der Waals surface area contributed by atoms with E-state index in [1.165, 1.54) is 0 Å². The number of aromatic amines is 1. The Morgan fingerprint density at radius 1 is 1.44 bits per heavy atom. The van der Waals surface area contributed by atoms with Crippen LogP contribution in [0.5, 0.6) is 0 Å². The molecule has 2 rings (SSSR count). The Balaban J connectivity index is 2.40. The lowest BCUT2D eigenvalue weighted by Crippen LogP contribution is -2.30. The molecule has 4 nitrogen and oxygen atoms in total. The predicted molar refractivity (Wildman–Crippen MR) is 69.0 cm³/mol. The minimum absolute atomic E-state index is 0.150. The minimum atomic E-state index is -1.16. The number of fused-ring (bicyclic) bond motifs is 1. The molecular weight excluding hydrogens is 230 g/mol. The van der Waals surface area contributed by atoms with E-state index in [1.807, 2.05) is 0 Å². The molecular formula is C14H19NO3. The molecule has 2 N–H and O–H groups in total. The topological polar surface area (TPSA) is 70.2 Å². The Morgan fingerprint density at radius 2 is 2.11 bits per heavy atom. The maximum absolute atomic E-state index is 11.6. The number of carboxylic acid groups (broad SMARTS) is 1. The standard InChI is InChI=1S/C14H19NO3/c1-14(2,3)9-4-5-11-8(6-9)7-10(13(17)18)12(16)15-11/h7,9H,4-6H2,1-3H3,(H,15,16)(H,17,18). The Kier molecular flexibility index (Phi) is 3.05. The first-order valence-electron chi connectivity index (χ1n) is 6.27. The van der Waals surface area contributed by atoms with Gasteiger partial charge in [-0.05, 0) is 42.2 Å². The zero-order chi connectivity index (χ0) is 13.5. The van der Waals surface area contributed by atoms with E-state index in [1.54, 1.807) is 6.07 Å². The van der Waals surface area contributed by atoms with Crippen molar-refractivity contribution in [2.24, 2.45) is 11.3 Å². The molecule has 0 amide bonds. The third-order valence-corrected chi connectivity index (χ3v) is 3.88. The van der Waals surface area contributed by atoms with Crippen LogP contribution >= 0.6 is 0 Å². The maximum atomic E-state index is 11.6. The molecule has 18 heavy (non-hydrogen) atoms. The fourth-order valence-electron chi connectivity index (χ4n) is 2.60. The van der Waals surface area contributed by atoms with Crippen LogP contribution in [0.1, 0.15) is 48.8 Å². The summed E-state index contributed by atoms with van der Waals surface area (Å²) in [6.07, 6.45) is 2.71. The Morgan fingerprint density at radius 3 is 2.67 bits per heavy atom. The summed E-state index contributed by atoms with van der Waals surface area (Å²) in [7, 11) is 0. The second-order valence-electron chi connectivity index (χ2n) is 6.13. The number of H-pyrrole nitrogens is 1. The zero-order valence-corrected chi connectivity index (χ0v) is 11.0. The van der Waals surface area contributed by atoms with E-state index in [2.05, 4.69) is 25.8 Å². The number of aromatic carboxylic acids is 1. The molecule has 98 valence electrons. The van der Waals surface area contributed by atoms with Crippen LogP contribution in [0.15, 0.2) is 10.9 Å². The molecule has 1 atom stereocenters. The summed E-state index contributed by atoms with van der Waals surface area (Å²) < 4.78 is 0. The molecule has 1 aromatic heterocycles. The summed E-state index contributed by atoms with van der Waals surface area (Å²) >= 11 is 0. The van der Waals surface area contributed by atoms with Crippen LogP contribution in [-0.4, -0.2) is 16.1 Å². The number of pyridine rings is 1. The Hall–Kier alpha value is -1.58. The van der Waals surface area contributed by atoms with Crippen molar-refractivity contribution >= 4 is 5.97 Å². The average molecular weight is 249 g/mol. The quantitative estimate of drug-likeness (QED) is 0.801. The molecule has 0 spiro atoms. The van der Waals surface area contributed by atoms with Crippen LogP contribution in [0.3, 0.4) is 0 Å². The summed E-state index contributed by atoms with van der Waals surface area (Å²) in [5, 5.41) is 8.97. The van der Waals surface area contributed by atoms with Crippen molar-refractivity contribution in [3.05, 3.63) is 33.2 Å². The molecule has 1 aliphatic rings. The first kappa shape index (κ1) is 12.9. The molecule has 0 bridgehead atoms. The minimum Gasteiger partial charge on any atom is -0.477 e. The highest BCUT2D eigenvalue weighted by molar-refractivity contribution is 5.87. The van der Waals surface area contributed by atoms with Gasteiger partial charge in [-0.1, -0.05) is 20.8 Å². The van der Waals surface area contributed by atoms with Crippen LogP contribution < -0.4 is 5.56 Å². The van der Waals surface area contributed by atoms with Gasteiger partial charge in [0.2, 0.25) is 0 Å². The van der Waals surface area contributed by atoms with Crippen LogP contribution in [0, 0.1) is 11.3 Å². The number of carboxylic acids is 1. The molecule has 1 aromatic rings. The van der Waals surface area contributed by atoms with Gasteiger partial charge in [-0.2, -0.15) is 0 Å². The van der Waals surface area contributed by atoms with E-state index >= 15 is 0 Å². The molecule has 0 aliphatic heterocycles. The number of aromatic nitrogens is 1. The largest absolute Gasteiger partial charge is 0.477 e. The van der Waals surface area contributed by atoms with Gasteiger partial charge in [-0.25, -0.2) is 4.79 Å². The number of aryl methyl sites for hydroxylation is 1. The summed E-state index contributed by atoms with van der Waals surface area (Å²) in [6, 6.07) is 1.55. The van der Waals surface area contributed by atoms with Crippen LogP contribution in [0.25, 0.3) is 0 Å². The van der Waals surface area contributed by atoms with Gasteiger partial charge in [0.1, 0.15) is 5.56 Å². The highest BCUT2D eigenvalue weighted by atomic mass is 16.4. The first-order chi connectivity index (χ1) is 8.29. The van der Waals surface area contributed by atoms with Crippen molar-refractivity contribution < 1.29 is 9.90 Å². The molecule has 4 heteroatoms. The van der Waals surface area contributed by atoms with Crippen molar-refractivity contribution in [3.8, 4) is 0 Å². The SMILES string of the molecule is CC(C)(C)C1CCc2[nH]c(=O)c(C(=O)O)cc2C1. The van der Waals surface area contributed by atoms with E-state index in [0.717, 1.165) is 30.5 Å².